The van der Waals surface area contributed by atoms with E-state index in [0.717, 1.165) is 0 Å². The molecule has 0 bridgehead atoms. The van der Waals surface area contributed by atoms with Crippen LogP contribution in [0.15, 0.2) is 27.6 Å². The highest BCUT2D eigenvalue weighted by molar-refractivity contribution is 9.10. The lowest BCUT2D eigenvalue weighted by molar-refractivity contribution is -0.139. The Hall–Kier alpha value is -0.630. The first kappa shape index (κ1) is 17.4. The Kier molecular flexibility index (Phi) is 6.00. The molecule has 0 aliphatic heterocycles. The van der Waals surface area contributed by atoms with Gasteiger partial charge in [-0.15, -0.1) is 0 Å². The molecule has 112 valence electrons. The molecule has 5 nitrogen and oxygen atoms in total. The van der Waals surface area contributed by atoms with Crippen LogP contribution in [0.2, 0.25) is 5.02 Å². The van der Waals surface area contributed by atoms with Gasteiger partial charge in [0.25, 0.3) is 0 Å². The average molecular weight is 385 g/mol. The molecule has 1 atom stereocenters. The number of carboxylic acids is 1. The van der Waals surface area contributed by atoms with Crippen molar-refractivity contribution in [1.82, 2.24) is 4.72 Å². The Balaban J connectivity index is 3.13. The molecule has 0 radical (unpaired) electrons. The van der Waals surface area contributed by atoms with Gasteiger partial charge in [0.2, 0.25) is 10.0 Å². The van der Waals surface area contributed by atoms with E-state index in [-0.39, 0.29) is 26.7 Å². The molecule has 1 rings (SSSR count). The van der Waals surface area contributed by atoms with Gasteiger partial charge >= 0.3 is 5.97 Å². The van der Waals surface area contributed by atoms with Gasteiger partial charge in [-0.05, 0) is 40.4 Å². The highest BCUT2D eigenvalue weighted by Gasteiger charge is 2.28. The Bertz CT molecular complexity index is 583. The van der Waals surface area contributed by atoms with Crippen molar-refractivity contribution in [3.05, 3.63) is 27.7 Å². The first-order valence-electron chi connectivity index (χ1n) is 5.84. The van der Waals surface area contributed by atoms with Gasteiger partial charge in [0.15, 0.2) is 0 Å². The summed E-state index contributed by atoms with van der Waals surface area (Å²) in [5.41, 5.74) is 0. The van der Waals surface area contributed by atoms with Crippen molar-refractivity contribution in [1.29, 1.82) is 0 Å². The molecule has 2 N–H and O–H groups in total. The van der Waals surface area contributed by atoms with E-state index < -0.39 is 22.0 Å². The van der Waals surface area contributed by atoms with Crippen molar-refractivity contribution >= 4 is 43.5 Å². The summed E-state index contributed by atoms with van der Waals surface area (Å²) in [5.74, 6) is -1.18. The normalized spacial score (nSPS) is 13.4. The standard InChI is InChI=1S/C12H15BrClNO4S/c1-7(2)6-10(12(16)17)15-20(18,19)11-8(13)4-3-5-9(11)14/h3-5,7,10,15H,6H2,1-2H3,(H,16,17). The van der Waals surface area contributed by atoms with Crippen LogP contribution in [0.4, 0.5) is 0 Å². The van der Waals surface area contributed by atoms with Crippen LogP contribution in [0, 0.1) is 5.92 Å². The summed E-state index contributed by atoms with van der Waals surface area (Å²) in [4.78, 5) is 11.0. The van der Waals surface area contributed by atoms with E-state index >= 15 is 0 Å². The van der Waals surface area contributed by atoms with Crippen molar-refractivity contribution < 1.29 is 18.3 Å². The van der Waals surface area contributed by atoms with Crippen molar-refractivity contribution in [3.8, 4) is 0 Å². The number of aliphatic carboxylic acids is 1. The molecular weight excluding hydrogens is 370 g/mol. The number of hydrogen-bond donors (Lipinski definition) is 2. The van der Waals surface area contributed by atoms with E-state index in [4.69, 9.17) is 16.7 Å². The minimum atomic E-state index is -4.02. The fourth-order valence-electron chi connectivity index (χ4n) is 1.66. The number of carboxylic acid groups (broad SMARTS) is 1. The van der Waals surface area contributed by atoms with E-state index in [1.165, 1.54) is 12.1 Å². The highest BCUT2D eigenvalue weighted by atomic mass is 79.9. The van der Waals surface area contributed by atoms with Crippen molar-refractivity contribution in [2.75, 3.05) is 0 Å². The summed E-state index contributed by atoms with van der Waals surface area (Å²) in [7, 11) is -4.02. The van der Waals surface area contributed by atoms with Gasteiger partial charge in [0, 0.05) is 4.47 Å². The van der Waals surface area contributed by atoms with Crippen LogP contribution in [0.1, 0.15) is 20.3 Å². The van der Waals surface area contributed by atoms with Gasteiger partial charge in [-0.1, -0.05) is 31.5 Å². The predicted molar refractivity (Wildman–Crippen MR) is 80.4 cm³/mol. The number of nitrogens with one attached hydrogen (secondary N) is 1. The van der Waals surface area contributed by atoms with Crippen LogP contribution >= 0.6 is 27.5 Å². The molecule has 0 spiro atoms. The first-order chi connectivity index (χ1) is 9.15. The monoisotopic (exact) mass is 383 g/mol. The molecule has 8 heteroatoms. The van der Waals surface area contributed by atoms with Crippen LogP contribution in [0.3, 0.4) is 0 Å². The van der Waals surface area contributed by atoms with Gasteiger partial charge < -0.3 is 5.11 Å². The minimum absolute atomic E-state index is 0.0283. The number of carbonyl (C=O) groups is 1. The number of benzene rings is 1. The van der Waals surface area contributed by atoms with Gasteiger partial charge in [0.05, 0.1) is 5.02 Å². The quantitative estimate of drug-likeness (QED) is 0.790. The van der Waals surface area contributed by atoms with E-state index in [0.29, 0.717) is 0 Å². The smallest absolute Gasteiger partial charge is 0.321 e. The average Bonchev–Trinajstić information content (AvgIpc) is 2.26. The lowest BCUT2D eigenvalue weighted by Gasteiger charge is -2.17. The molecule has 0 aromatic heterocycles. The molecule has 0 saturated heterocycles. The summed E-state index contributed by atoms with van der Waals surface area (Å²) >= 11 is 9.00. The summed E-state index contributed by atoms with van der Waals surface area (Å²) in [5, 5.41) is 9.13. The lowest BCUT2D eigenvalue weighted by Crippen LogP contribution is -2.41. The van der Waals surface area contributed by atoms with E-state index in [9.17, 15) is 13.2 Å². The molecule has 0 aliphatic carbocycles. The van der Waals surface area contributed by atoms with Crippen LogP contribution < -0.4 is 4.72 Å². The molecule has 0 fully saturated rings. The van der Waals surface area contributed by atoms with Crippen LogP contribution in [-0.2, 0) is 14.8 Å². The fourth-order valence-corrected chi connectivity index (χ4v) is 4.59. The van der Waals surface area contributed by atoms with Gasteiger partial charge in [-0.2, -0.15) is 4.72 Å². The second-order valence-corrected chi connectivity index (χ2v) is 7.60. The Morgan fingerprint density at radius 2 is 2.05 bits per heavy atom. The highest BCUT2D eigenvalue weighted by Crippen LogP contribution is 2.29. The Morgan fingerprint density at radius 1 is 1.45 bits per heavy atom. The second kappa shape index (κ2) is 6.89. The third-order valence-corrected chi connectivity index (χ3v) is 5.41. The zero-order valence-electron chi connectivity index (χ0n) is 10.9. The fraction of sp³-hybridized carbons (Fsp3) is 0.417. The topological polar surface area (TPSA) is 83.5 Å². The SMILES string of the molecule is CC(C)CC(NS(=O)(=O)c1c(Cl)cccc1Br)C(=O)O. The molecule has 0 amide bonds. The third kappa shape index (κ3) is 4.44. The number of hydrogen-bond acceptors (Lipinski definition) is 3. The predicted octanol–water partition coefficient (Wildman–Crippen LogP) is 2.88. The first-order valence-corrected chi connectivity index (χ1v) is 8.49. The summed E-state index contributed by atoms with van der Waals surface area (Å²) < 4.78 is 27.0. The maximum Gasteiger partial charge on any atom is 0.321 e. The summed E-state index contributed by atoms with van der Waals surface area (Å²) in [6.07, 6.45) is 0.191. The number of rotatable bonds is 6. The maximum atomic E-state index is 12.3. The second-order valence-electron chi connectivity index (χ2n) is 4.69. The van der Waals surface area contributed by atoms with Crippen LogP contribution in [-0.4, -0.2) is 25.5 Å². The molecule has 1 aromatic rings. The summed E-state index contributed by atoms with van der Waals surface area (Å²) in [6.45, 7) is 3.63. The molecule has 0 aliphatic rings. The number of halogens is 2. The molecule has 0 saturated carbocycles. The van der Waals surface area contributed by atoms with Gasteiger partial charge in [-0.25, -0.2) is 8.42 Å². The Labute approximate surface area is 131 Å². The number of sulfonamides is 1. The lowest BCUT2D eigenvalue weighted by atomic mass is 10.1. The molecule has 0 heterocycles. The summed E-state index contributed by atoms with van der Waals surface area (Å²) in [6, 6.07) is 3.36. The van der Waals surface area contributed by atoms with E-state index in [1.807, 2.05) is 13.8 Å². The van der Waals surface area contributed by atoms with Crippen LogP contribution in [0.25, 0.3) is 0 Å². The largest absolute Gasteiger partial charge is 0.480 e. The minimum Gasteiger partial charge on any atom is -0.480 e. The Morgan fingerprint density at radius 3 is 2.50 bits per heavy atom. The van der Waals surface area contributed by atoms with Gasteiger partial charge in [0.1, 0.15) is 10.9 Å². The van der Waals surface area contributed by atoms with Gasteiger partial charge in [-0.3, -0.25) is 4.79 Å². The maximum absolute atomic E-state index is 12.3. The molecule has 1 aromatic carbocycles. The molecular formula is C12H15BrClNO4S. The van der Waals surface area contributed by atoms with E-state index in [2.05, 4.69) is 20.7 Å². The van der Waals surface area contributed by atoms with Crippen LogP contribution in [0.5, 0.6) is 0 Å². The van der Waals surface area contributed by atoms with Crippen molar-refractivity contribution in [3.63, 3.8) is 0 Å². The zero-order chi connectivity index (χ0) is 15.5. The van der Waals surface area contributed by atoms with Crippen molar-refractivity contribution in [2.24, 2.45) is 5.92 Å². The molecule has 20 heavy (non-hydrogen) atoms. The molecule has 1 unspecified atom stereocenters. The van der Waals surface area contributed by atoms with E-state index in [1.54, 1.807) is 6.07 Å². The van der Waals surface area contributed by atoms with Crippen molar-refractivity contribution in [2.45, 2.75) is 31.2 Å². The zero-order valence-corrected chi connectivity index (χ0v) is 14.1. The third-order valence-electron chi connectivity index (χ3n) is 2.49.